The summed E-state index contributed by atoms with van der Waals surface area (Å²) in [6.07, 6.45) is 3.22. The topological polar surface area (TPSA) is 61.4 Å². The van der Waals surface area contributed by atoms with E-state index in [4.69, 9.17) is 0 Å². The summed E-state index contributed by atoms with van der Waals surface area (Å²) in [5, 5.41) is 5.33. The van der Waals surface area contributed by atoms with Crippen molar-refractivity contribution >= 4 is 23.2 Å². The van der Waals surface area contributed by atoms with Crippen molar-refractivity contribution in [1.82, 2.24) is 5.32 Å². The molecule has 1 fully saturated rings. The van der Waals surface area contributed by atoms with E-state index in [0.29, 0.717) is 24.6 Å². The summed E-state index contributed by atoms with van der Waals surface area (Å²) in [7, 11) is 0. The van der Waals surface area contributed by atoms with E-state index in [1.54, 1.807) is 0 Å². The maximum atomic E-state index is 12.0. The summed E-state index contributed by atoms with van der Waals surface area (Å²) in [5.74, 6) is -0.819. The van der Waals surface area contributed by atoms with Crippen molar-refractivity contribution in [2.24, 2.45) is 0 Å². The molecule has 28 heavy (non-hydrogen) atoms. The number of nitrogens with zero attached hydrogens (tertiary/aromatic N) is 1. The lowest BCUT2D eigenvalue weighted by Gasteiger charge is -2.17. The van der Waals surface area contributed by atoms with Crippen LogP contribution in [-0.4, -0.2) is 31.4 Å². The van der Waals surface area contributed by atoms with Crippen molar-refractivity contribution in [3.63, 3.8) is 0 Å². The standard InChI is InChI=1S/C23H29N3O2/c1-17(2)19-7-9-20(10-8-19)25-23(28)22(27)24-14-13-18-5-11-21(12-6-18)26-15-3-4-16-26/h5-12,17H,3-4,13-16H2,1-2H3,(H,24,27)(H,25,28). The summed E-state index contributed by atoms with van der Waals surface area (Å²) >= 11 is 0. The van der Waals surface area contributed by atoms with Crippen LogP contribution >= 0.6 is 0 Å². The van der Waals surface area contributed by atoms with Crippen LogP contribution in [0.4, 0.5) is 11.4 Å². The van der Waals surface area contributed by atoms with Crippen LogP contribution in [0.25, 0.3) is 0 Å². The molecule has 0 aromatic heterocycles. The molecule has 2 aromatic carbocycles. The molecule has 0 radical (unpaired) electrons. The highest BCUT2D eigenvalue weighted by atomic mass is 16.2. The molecule has 0 aliphatic carbocycles. The highest BCUT2D eigenvalue weighted by Gasteiger charge is 2.14. The van der Waals surface area contributed by atoms with E-state index in [2.05, 4.69) is 53.6 Å². The molecular weight excluding hydrogens is 350 g/mol. The average Bonchev–Trinajstić information content (AvgIpc) is 3.23. The van der Waals surface area contributed by atoms with E-state index in [1.165, 1.54) is 24.1 Å². The van der Waals surface area contributed by atoms with Crippen LogP contribution in [0.3, 0.4) is 0 Å². The zero-order chi connectivity index (χ0) is 19.9. The number of carbonyl (C=O) groups excluding carboxylic acids is 2. The van der Waals surface area contributed by atoms with Crippen molar-refractivity contribution < 1.29 is 9.59 Å². The number of carbonyl (C=O) groups is 2. The predicted molar refractivity (Wildman–Crippen MR) is 114 cm³/mol. The summed E-state index contributed by atoms with van der Waals surface area (Å²) < 4.78 is 0. The molecule has 0 spiro atoms. The third-order valence-corrected chi connectivity index (χ3v) is 5.15. The Labute approximate surface area is 167 Å². The Hall–Kier alpha value is -2.82. The first-order valence-corrected chi connectivity index (χ1v) is 10.1. The van der Waals surface area contributed by atoms with Crippen LogP contribution in [0.5, 0.6) is 0 Å². The first kappa shape index (κ1) is 19.9. The monoisotopic (exact) mass is 379 g/mol. The highest BCUT2D eigenvalue weighted by molar-refractivity contribution is 6.39. The number of rotatable bonds is 6. The molecule has 148 valence electrons. The number of hydrogen-bond donors (Lipinski definition) is 2. The van der Waals surface area contributed by atoms with E-state index < -0.39 is 11.8 Å². The Bertz CT molecular complexity index is 792. The average molecular weight is 380 g/mol. The van der Waals surface area contributed by atoms with Gasteiger partial charge in [-0.25, -0.2) is 0 Å². The number of anilines is 2. The Morgan fingerprint density at radius 3 is 2.18 bits per heavy atom. The Morgan fingerprint density at radius 1 is 0.929 bits per heavy atom. The molecule has 5 nitrogen and oxygen atoms in total. The van der Waals surface area contributed by atoms with Gasteiger partial charge in [0.15, 0.2) is 0 Å². The van der Waals surface area contributed by atoms with Gasteiger partial charge < -0.3 is 15.5 Å². The normalized spacial score (nSPS) is 13.6. The second-order valence-electron chi connectivity index (χ2n) is 7.60. The molecule has 1 heterocycles. The number of nitrogens with one attached hydrogen (secondary N) is 2. The van der Waals surface area contributed by atoms with E-state index in [0.717, 1.165) is 18.7 Å². The van der Waals surface area contributed by atoms with E-state index >= 15 is 0 Å². The fourth-order valence-electron chi connectivity index (χ4n) is 3.39. The van der Waals surface area contributed by atoms with Gasteiger partial charge in [0.2, 0.25) is 0 Å². The molecule has 2 aromatic rings. The van der Waals surface area contributed by atoms with Crippen LogP contribution < -0.4 is 15.5 Å². The number of hydrogen-bond acceptors (Lipinski definition) is 3. The second kappa shape index (κ2) is 9.40. The van der Waals surface area contributed by atoms with Gasteiger partial charge in [-0.15, -0.1) is 0 Å². The minimum absolute atomic E-state index is 0.428. The highest BCUT2D eigenvalue weighted by Crippen LogP contribution is 2.20. The molecule has 0 bridgehead atoms. The smallest absolute Gasteiger partial charge is 0.313 e. The van der Waals surface area contributed by atoms with Gasteiger partial charge in [0.1, 0.15) is 0 Å². The van der Waals surface area contributed by atoms with Crippen molar-refractivity contribution in [2.75, 3.05) is 29.9 Å². The van der Waals surface area contributed by atoms with Crippen molar-refractivity contribution in [1.29, 1.82) is 0 Å². The second-order valence-corrected chi connectivity index (χ2v) is 7.60. The molecule has 5 heteroatoms. The van der Waals surface area contributed by atoms with Gasteiger partial charge >= 0.3 is 11.8 Å². The summed E-state index contributed by atoms with van der Waals surface area (Å²) in [5.41, 5.74) is 4.22. The van der Waals surface area contributed by atoms with Crippen molar-refractivity contribution in [2.45, 2.75) is 39.0 Å². The van der Waals surface area contributed by atoms with E-state index in [1.807, 2.05) is 24.3 Å². The lowest BCUT2D eigenvalue weighted by Crippen LogP contribution is -2.36. The minimum Gasteiger partial charge on any atom is -0.372 e. The van der Waals surface area contributed by atoms with Crippen LogP contribution in [0.2, 0.25) is 0 Å². The molecule has 3 rings (SSSR count). The summed E-state index contributed by atoms with van der Waals surface area (Å²) in [4.78, 5) is 26.4. The Kier molecular flexibility index (Phi) is 6.69. The fraction of sp³-hybridized carbons (Fsp3) is 0.391. The molecule has 0 unspecified atom stereocenters. The fourth-order valence-corrected chi connectivity index (χ4v) is 3.39. The molecule has 0 atom stereocenters. The summed E-state index contributed by atoms with van der Waals surface area (Å²) in [6, 6.07) is 16.0. The molecule has 1 aliphatic rings. The third-order valence-electron chi connectivity index (χ3n) is 5.15. The Morgan fingerprint density at radius 2 is 1.57 bits per heavy atom. The zero-order valence-electron chi connectivity index (χ0n) is 16.7. The lowest BCUT2D eigenvalue weighted by atomic mass is 10.0. The van der Waals surface area contributed by atoms with Gasteiger partial charge in [0, 0.05) is 31.0 Å². The minimum atomic E-state index is -0.637. The molecule has 1 saturated heterocycles. The lowest BCUT2D eigenvalue weighted by molar-refractivity contribution is -0.136. The maximum Gasteiger partial charge on any atom is 0.313 e. The van der Waals surface area contributed by atoms with Gasteiger partial charge in [-0.05, 0) is 60.6 Å². The van der Waals surface area contributed by atoms with Crippen LogP contribution in [-0.2, 0) is 16.0 Å². The number of amides is 2. The molecule has 1 aliphatic heterocycles. The number of benzene rings is 2. The largest absolute Gasteiger partial charge is 0.372 e. The van der Waals surface area contributed by atoms with E-state index in [-0.39, 0.29) is 0 Å². The first-order valence-electron chi connectivity index (χ1n) is 10.1. The Balaban J connectivity index is 1.42. The van der Waals surface area contributed by atoms with Crippen LogP contribution in [0.1, 0.15) is 43.7 Å². The van der Waals surface area contributed by atoms with Gasteiger partial charge in [-0.2, -0.15) is 0 Å². The first-order chi connectivity index (χ1) is 13.5. The third kappa shape index (κ3) is 5.35. The van der Waals surface area contributed by atoms with Crippen molar-refractivity contribution in [3.05, 3.63) is 59.7 Å². The molecule has 2 N–H and O–H groups in total. The maximum absolute atomic E-state index is 12.0. The predicted octanol–water partition coefficient (Wildman–Crippen LogP) is 3.71. The molecular formula is C23H29N3O2. The molecule has 2 amide bonds. The van der Waals surface area contributed by atoms with Crippen molar-refractivity contribution in [3.8, 4) is 0 Å². The van der Waals surface area contributed by atoms with Gasteiger partial charge in [-0.1, -0.05) is 38.1 Å². The van der Waals surface area contributed by atoms with Gasteiger partial charge in [-0.3, -0.25) is 9.59 Å². The van der Waals surface area contributed by atoms with Crippen LogP contribution in [0, 0.1) is 0 Å². The zero-order valence-corrected chi connectivity index (χ0v) is 16.7. The van der Waals surface area contributed by atoms with E-state index in [9.17, 15) is 9.59 Å². The van der Waals surface area contributed by atoms with Gasteiger partial charge in [0.05, 0.1) is 0 Å². The quantitative estimate of drug-likeness (QED) is 0.752. The SMILES string of the molecule is CC(C)c1ccc(NC(=O)C(=O)NCCc2ccc(N3CCCC3)cc2)cc1. The molecule has 0 saturated carbocycles. The van der Waals surface area contributed by atoms with Crippen LogP contribution in [0.15, 0.2) is 48.5 Å². The van der Waals surface area contributed by atoms with Gasteiger partial charge in [0.25, 0.3) is 0 Å². The summed E-state index contributed by atoms with van der Waals surface area (Å²) in [6.45, 7) is 6.92.